The van der Waals surface area contributed by atoms with Crippen molar-refractivity contribution >= 4 is 11.9 Å². The molecule has 0 saturated carbocycles. The number of rotatable bonds is 6. The number of piperazine rings is 1. The molecule has 2 saturated heterocycles. The summed E-state index contributed by atoms with van der Waals surface area (Å²) in [6.07, 6.45) is 2.24. The Morgan fingerprint density at radius 2 is 1.90 bits per heavy atom. The maximum Gasteiger partial charge on any atom is 0.239 e. The van der Waals surface area contributed by atoms with Crippen LogP contribution in [0.3, 0.4) is 0 Å². The van der Waals surface area contributed by atoms with E-state index in [-0.39, 0.29) is 17.8 Å². The predicted molar refractivity (Wildman–Crippen MR) is 112 cm³/mol. The molecule has 0 aromatic heterocycles. The van der Waals surface area contributed by atoms with E-state index in [1.165, 1.54) is 12.1 Å². The highest BCUT2D eigenvalue weighted by atomic mass is 19.1. The van der Waals surface area contributed by atoms with Crippen LogP contribution >= 0.6 is 0 Å². The van der Waals surface area contributed by atoms with Crippen LogP contribution in [0.15, 0.2) is 29.3 Å². The fourth-order valence-corrected chi connectivity index (χ4v) is 3.90. The van der Waals surface area contributed by atoms with Crippen molar-refractivity contribution in [1.82, 2.24) is 20.0 Å². The molecule has 3 rings (SSSR count). The normalized spacial score (nSPS) is 19.3. The summed E-state index contributed by atoms with van der Waals surface area (Å²) in [5, 5.41) is 3.30. The molecule has 1 aromatic carbocycles. The first kappa shape index (κ1) is 21.4. The van der Waals surface area contributed by atoms with Crippen LogP contribution in [0.25, 0.3) is 0 Å². The Bertz CT molecular complexity index is 700. The van der Waals surface area contributed by atoms with E-state index in [9.17, 15) is 9.18 Å². The zero-order valence-electron chi connectivity index (χ0n) is 17.4. The molecule has 0 radical (unpaired) electrons. The van der Waals surface area contributed by atoms with Crippen molar-refractivity contribution in [1.29, 1.82) is 0 Å². The van der Waals surface area contributed by atoms with Crippen LogP contribution in [0.5, 0.6) is 5.75 Å². The highest BCUT2D eigenvalue weighted by Crippen LogP contribution is 2.14. The number of benzene rings is 1. The molecule has 1 N–H and O–H groups in total. The number of nitrogens with zero attached hydrogens (tertiary/aromatic N) is 4. The minimum absolute atomic E-state index is 0.0649. The van der Waals surface area contributed by atoms with Crippen LogP contribution in [0.4, 0.5) is 4.39 Å². The summed E-state index contributed by atoms with van der Waals surface area (Å²) < 4.78 is 18.7. The number of carbonyl (C=O) groups excluding carboxylic acids is 1. The summed E-state index contributed by atoms with van der Waals surface area (Å²) in [5.41, 5.74) is 0. The molecular formula is C21H32FN5O2. The molecule has 0 bridgehead atoms. The molecule has 1 aromatic rings. The van der Waals surface area contributed by atoms with Gasteiger partial charge in [0, 0.05) is 52.4 Å². The molecule has 1 unspecified atom stereocenters. The molecule has 2 fully saturated rings. The molecule has 2 heterocycles. The molecule has 1 amide bonds. The summed E-state index contributed by atoms with van der Waals surface area (Å²) in [6.45, 7) is 8.13. The van der Waals surface area contributed by atoms with Gasteiger partial charge in [-0.15, -0.1) is 0 Å². The minimum Gasteiger partial charge on any atom is -0.492 e. The minimum atomic E-state index is -0.304. The maximum atomic E-state index is 13.2. The largest absolute Gasteiger partial charge is 0.492 e. The number of hydrogen-bond donors (Lipinski definition) is 1. The van der Waals surface area contributed by atoms with Crippen molar-refractivity contribution in [2.75, 3.05) is 59.5 Å². The van der Waals surface area contributed by atoms with Gasteiger partial charge in [-0.3, -0.25) is 14.7 Å². The third kappa shape index (κ3) is 5.82. The highest BCUT2D eigenvalue weighted by molar-refractivity contribution is 5.82. The Morgan fingerprint density at radius 1 is 1.17 bits per heavy atom. The van der Waals surface area contributed by atoms with Crippen molar-refractivity contribution in [2.24, 2.45) is 4.99 Å². The Kier molecular flexibility index (Phi) is 7.69. The third-order valence-electron chi connectivity index (χ3n) is 5.60. The summed E-state index contributed by atoms with van der Waals surface area (Å²) in [6, 6.07) is 6.07. The lowest BCUT2D eigenvalue weighted by molar-refractivity contribution is -0.135. The van der Waals surface area contributed by atoms with E-state index in [0.29, 0.717) is 18.9 Å². The third-order valence-corrected chi connectivity index (χ3v) is 5.60. The van der Waals surface area contributed by atoms with Crippen molar-refractivity contribution < 1.29 is 13.9 Å². The fraction of sp³-hybridized carbons (Fsp3) is 0.619. The van der Waals surface area contributed by atoms with E-state index in [4.69, 9.17) is 4.74 Å². The zero-order chi connectivity index (χ0) is 20.6. The van der Waals surface area contributed by atoms with Gasteiger partial charge < -0.3 is 19.9 Å². The molecule has 29 heavy (non-hydrogen) atoms. The Hall–Kier alpha value is -2.35. The van der Waals surface area contributed by atoms with Crippen LogP contribution in [-0.2, 0) is 4.79 Å². The number of nitrogens with one attached hydrogen (secondary N) is 1. The lowest BCUT2D eigenvalue weighted by Crippen LogP contribution is -2.57. The van der Waals surface area contributed by atoms with Gasteiger partial charge in [0.2, 0.25) is 5.91 Å². The van der Waals surface area contributed by atoms with Crippen LogP contribution in [0, 0.1) is 5.82 Å². The van der Waals surface area contributed by atoms with Crippen LogP contribution in [0.2, 0.25) is 0 Å². The number of amides is 1. The molecule has 8 heteroatoms. The van der Waals surface area contributed by atoms with Gasteiger partial charge in [-0.1, -0.05) is 6.07 Å². The smallest absolute Gasteiger partial charge is 0.239 e. The average Bonchev–Trinajstić information content (AvgIpc) is 3.28. The van der Waals surface area contributed by atoms with E-state index in [2.05, 4.69) is 20.1 Å². The zero-order valence-corrected chi connectivity index (χ0v) is 17.4. The number of aliphatic imine (C=N–C) groups is 1. The Balaban J connectivity index is 1.39. The number of likely N-dealkylation sites (tertiary alicyclic amines) is 1. The van der Waals surface area contributed by atoms with E-state index in [1.54, 1.807) is 19.2 Å². The molecule has 0 aliphatic carbocycles. The van der Waals surface area contributed by atoms with Crippen molar-refractivity contribution in [3.63, 3.8) is 0 Å². The first-order valence-electron chi connectivity index (χ1n) is 10.5. The lowest BCUT2D eigenvalue weighted by Gasteiger charge is -2.39. The van der Waals surface area contributed by atoms with Gasteiger partial charge in [-0.05, 0) is 31.9 Å². The number of guanidine groups is 1. The van der Waals surface area contributed by atoms with E-state index >= 15 is 0 Å². The van der Waals surface area contributed by atoms with Crippen molar-refractivity contribution in [2.45, 2.75) is 25.8 Å². The Labute approximate surface area is 172 Å². The van der Waals surface area contributed by atoms with E-state index in [1.807, 2.05) is 11.8 Å². The molecule has 7 nitrogen and oxygen atoms in total. The van der Waals surface area contributed by atoms with Crippen molar-refractivity contribution in [3.05, 3.63) is 30.1 Å². The van der Waals surface area contributed by atoms with Gasteiger partial charge in [0.25, 0.3) is 0 Å². The number of carbonyl (C=O) groups is 1. The van der Waals surface area contributed by atoms with Gasteiger partial charge >= 0.3 is 0 Å². The quantitative estimate of drug-likeness (QED) is 0.441. The molecule has 160 valence electrons. The maximum absolute atomic E-state index is 13.2. The highest BCUT2D eigenvalue weighted by Gasteiger charge is 2.30. The Morgan fingerprint density at radius 3 is 2.55 bits per heavy atom. The van der Waals surface area contributed by atoms with Gasteiger partial charge in [0.05, 0.1) is 12.6 Å². The predicted octanol–water partition coefficient (Wildman–Crippen LogP) is 1.41. The van der Waals surface area contributed by atoms with E-state index < -0.39 is 0 Å². The fourth-order valence-electron chi connectivity index (χ4n) is 3.90. The number of halogens is 1. The molecule has 2 aliphatic rings. The van der Waals surface area contributed by atoms with Gasteiger partial charge in [0.15, 0.2) is 5.96 Å². The number of hydrogen-bond acceptors (Lipinski definition) is 4. The summed E-state index contributed by atoms with van der Waals surface area (Å²) in [4.78, 5) is 23.4. The standard InChI is InChI=1S/C21H32FN5O2/c1-17(20(28)26-9-3-4-10-26)25-11-13-27(14-12-25)21(23-2)24-8-15-29-19-7-5-6-18(22)16-19/h5-7,16-17H,3-4,8-15H2,1-2H3,(H,23,24). The SMILES string of the molecule is CN=C(NCCOc1cccc(F)c1)N1CCN(C(C)C(=O)N2CCCC2)CC1. The van der Waals surface area contributed by atoms with Gasteiger partial charge in [-0.2, -0.15) is 0 Å². The summed E-state index contributed by atoms with van der Waals surface area (Å²) in [7, 11) is 1.77. The molecule has 1 atom stereocenters. The van der Waals surface area contributed by atoms with Crippen LogP contribution in [0.1, 0.15) is 19.8 Å². The second-order valence-corrected chi connectivity index (χ2v) is 7.51. The van der Waals surface area contributed by atoms with E-state index in [0.717, 1.165) is 58.1 Å². The first-order valence-corrected chi connectivity index (χ1v) is 10.5. The first-order chi connectivity index (χ1) is 14.1. The average molecular weight is 406 g/mol. The number of ether oxygens (including phenoxy) is 1. The van der Waals surface area contributed by atoms with Crippen molar-refractivity contribution in [3.8, 4) is 5.75 Å². The second kappa shape index (κ2) is 10.4. The van der Waals surface area contributed by atoms with Crippen LogP contribution in [-0.4, -0.2) is 92.1 Å². The van der Waals surface area contributed by atoms with Gasteiger partial charge in [-0.25, -0.2) is 4.39 Å². The van der Waals surface area contributed by atoms with Crippen LogP contribution < -0.4 is 10.1 Å². The monoisotopic (exact) mass is 405 g/mol. The molecule has 0 spiro atoms. The topological polar surface area (TPSA) is 60.4 Å². The summed E-state index contributed by atoms with van der Waals surface area (Å²) >= 11 is 0. The lowest BCUT2D eigenvalue weighted by atomic mass is 10.2. The summed E-state index contributed by atoms with van der Waals surface area (Å²) in [5.74, 6) is 1.30. The second-order valence-electron chi connectivity index (χ2n) is 7.51. The molecule has 2 aliphatic heterocycles. The molecular weight excluding hydrogens is 373 g/mol. The van der Waals surface area contributed by atoms with Gasteiger partial charge in [0.1, 0.15) is 18.2 Å².